The zero-order valence-corrected chi connectivity index (χ0v) is 10.2. The van der Waals surface area contributed by atoms with E-state index in [1.165, 1.54) is 19.2 Å². The van der Waals surface area contributed by atoms with E-state index < -0.39 is 22.5 Å². The number of hydrogen-bond donors (Lipinski definition) is 2. The third-order valence-corrected chi connectivity index (χ3v) is 3.41. The van der Waals surface area contributed by atoms with Crippen LogP contribution in [0.5, 0.6) is 5.75 Å². The molecule has 2 N–H and O–H groups in total. The van der Waals surface area contributed by atoms with Gasteiger partial charge in [0.05, 0.1) is 17.6 Å². The number of carboxylic acid groups (broad SMARTS) is 1. The van der Waals surface area contributed by atoms with Crippen molar-refractivity contribution in [3.05, 3.63) is 23.8 Å². The first-order valence-electron chi connectivity index (χ1n) is 4.70. The highest BCUT2D eigenvalue weighted by molar-refractivity contribution is 7.89. The van der Waals surface area contributed by atoms with Crippen molar-refractivity contribution in [3.8, 4) is 11.8 Å². The summed E-state index contributed by atoms with van der Waals surface area (Å²) in [7, 11) is -2.60. The molecule has 1 aromatic rings. The lowest BCUT2D eigenvalue weighted by Crippen LogP contribution is -2.29. The minimum absolute atomic E-state index is 0.0516. The quantitative estimate of drug-likeness (QED) is 0.773. The van der Waals surface area contributed by atoms with Crippen molar-refractivity contribution in [1.29, 1.82) is 5.26 Å². The van der Waals surface area contributed by atoms with Gasteiger partial charge in [0.2, 0.25) is 10.0 Å². The fraction of sp³-hybridized carbons (Fsp3) is 0.200. The van der Waals surface area contributed by atoms with Crippen molar-refractivity contribution >= 4 is 16.0 Å². The van der Waals surface area contributed by atoms with Crippen LogP contribution in [0.4, 0.5) is 0 Å². The molecule has 0 atom stereocenters. The molecule has 0 aromatic heterocycles. The summed E-state index contributed by atoms with van der Waals surface area (Å²) in [6, 6.07) is 5.46. The number of benzene rings is 1. The lowest BCUT2D eigenvalue weighted by molar-refractivity contribution is -0.135. The number of nitriles is 1. The summed E-state index contributed by atoms with van der Waals surface area (Å²) in [6.45, 7) is -0.726. The molecule has 0 radical (unpaired) electrons. The Bertz CT molecular complexity index is 603. The number of rotatable bonds is 5. The predicted octanol–water partition coefficient (Wildman–Crippen LogP) is -0.0702. The highest BCUT2D eigenvalue weighted by Gasteiger charge is 2.17. The standard InChI is InChI=1S/C10H10N2O5S/c1-17-9-3-2-8(4-7(9)5-11)18(15,16)12-6-10(13)14/h2-4,12H,6H2,1H3,(H,13,14). The van der Waals surface area contributed by atoms with E-state index in [1.54, 1.807) is 6.07 Å². The minimum Gasteiger partial charge on any atom is -0.495 e. The second-order valence-electron chi connectivity index (χ2n) is 3.19. The van der Waals surface area contributed by atoms with Gasteiger partial charge < -0.3 is 9.84 Å². The Morgan fingerprint density at radius 1 is 1.56 bits per heavy atom. The fourth-order valence-electron chi connectivity index (χ4n) is 1.18. The van der Waals surface area contributed by atoms with Gasteiger partial charge in [0, 0.05) is 0 Å². The maximum absolute atomic E-state index is 11.7. The Kier molecular flexibility index (Phi) is 4.25. The average molecular weight is 270 g/mol. The van der Waals surface area contributed by atoms with Gasteiger partial charge in [-0.25, -0.2) is 8.42 Å². The molecule has 7 nitrogen and oxygen atoms in total. The van der Waals surface area contributed by atoms with E-state index in [-0.39, 0.29) is 16.2 Å². The first kappa shape index (κ1) is 14.0. The summed E-state index contributed by atoms with van der Waals surface area (Å²) in [5.74, 6) is -1.05. The number of nitrogens with one attached hydrogen (secondary N) is 1. The normalized spacial score (nSPS) is 10.7. The van der Waals surface area contributed by atoms with E-state index in [2.05, 4.69) is 0 Å². The number of methoxy groups -OCH3 is 1. The van der Waals surface area contributed by atoms with Crippen molar-refractivity contribution < 1.29 is 23.1 Å². The molecule has 0 aliphatic rings. The summed E-state index contributed by atoms with van der Waals surface area (Å²) >= 11 is 0. The Labute approximate surface area is 104 Å². The molecule has 96 valence electrons. The molecule has 0 saturated heterocycles. The number of sulfonamides is 1. The summed E-state index contributed by atoms with van der Waals surface area (Å²) in [6.07, 6.45) is 0. The topological polar surface area (TPSA) is 116 Å². The maximum atomic E-state index is 11.7. The molecule has 0 bridgehead atoms. The lowest BCUT2D eigenvalue weighted by atomic mass is 10.2. The largest absolute Gasteiger partial charge is 0.495 e. The van der Waals surface area contributed by atoms with Gasteiger partial charge in [-0.1, -0.05) is 0 Å². The zero-order chi connectivity index (χ0) is 13.8. The molecular formula is C10H10N2O5S. The van der Waals surface area contributed by atoms with Gasteiger partial charge in [0.15, 0.2) is 0 Å². The van der Waals surface area contributed by atoms with Crippen molar-refractivity contribution in [2.75, 3.05) is 13.7 Å². The van der Waals surface area contributed by atoms with Crippen molar-refractivity contribution in [1.82, 2.24) is 4.72 Å². The van der Waals surface area contributed by atoms with Crippen LogP contribution in [-0.2, 0) is 14.8 Å². The Hall–Kier alpha value is -2.11. The van der Waals surface area contributed by atoms with Gasteiger partial charge in [0.25, 0.3) is 0 Å². The van der Waals surface area contributed by atoms with Crippen LogP contribution in [0.1, 0.15) is 5.56 Å². The van der Waals surface area contributed by atoms with Crippen LogP contribution in [0.25, 0.3) is 0 Å². The molecule has 0 aliphatic carbocycles. The number of ether oxygens (including phenoxy) is 1. The third kappa shape index (κ3) is 3.19. The third-order valence-electron chi connectivity index (χ3n) is 2.02. The highest BCUT2D eigenvalue weighted by atomic mass is 32.2. The smallest absolute Gasteiger partial charge is 0.318 e. The van der Waals surface area contributed by atoms with Crippen LogP contribution in [0, 0.1) is 11.3 Å². The summed E-state index contributed by atoms with van der Waals surface area (Å²) in [5.41, 5.74) is 0.0516. The zero-order valence-electron chi connectivity index (χ0n) is 9.37. The van der Waals surface area contributed by atoms with Crippen LogP contribution in [0.3, 0.4) is 0 Å². The first-order chi connectivity index (χ1) is 8.40. The molecule has 0 aliphatic heterocycles. The molecule has 0 saturated carbocycles. The predicted molar refractivity (Wildman–Crippen MR) is 60.5 cm³/mol. The van der Waals surface area contributed by atoms with E-state index >= 15 is 0 Å². The van der Waals surface area contributed by atoms with Gasteiger partial charge in [-0.15, -0.1) is 0 Å². The van der Waals surface area contributed by atoms with E-state index in [0.717, 1.165) is 6.07 Å². The second-order valence-corrected chi connectivity index (χ2v) is 4.96. The average Bonchev–Trinajstić information content (AvgIpc) is 2.35. The van der Waals surface area contributed by atoms with Crippen LogP contribution in [-0.4, -0.2) is 33.1 Å². The molecule has 1 aromatic carbocycles. The molecule has 18 heavy (non-hydrogen) atoms. The number of carbonyl (C=O) groups is 1. The molecule has 0 spiro atoms. The SMILES string of the molecule is COc1ccc(S(=O)(=O)NCC(=O)O)cc1C#N. The summed E-state index contributed by atoms with van der Waals surface area (Å²) < 4.78 is 30.1. The highest BCUT2D eigenvalue weighted by Crippen LogP contribution is 2.21. The van der Waals surface area contributed by atoms with Crippen LogP contribution >= 0.6 is 0 Å². The Balaban J connectivity index is 3.11. The second kappa shape index (κ2) is 5.48. The monoisotopic (exact) mass is 270 g/mol. The molecule has 0 amide bonds. The molecule has 0 heterocycles. The van der Waals surface area contributed by atoms with Crippen molar-refractivity contribution in [2.24, 2.45) is 0 Å². The van der Waals surface area contributed by atoms with Gasteiger partial charge in [-0.2, -0.15) is 9.98 Å². The van der Waals surface area contributed by atoms with E-state index in [9.17, 15) is 13.2 Å². The Morgan fingerprint density at radius 3 is 2.72 bits per heavy atom. The number of carboxylic acids is 1. The van der Waals surface area contributed by atoms with E-state index in [4.69, 9.17) is 15.1 Å². The first-order valence-corrected chi connectivity index (χ1v) is 6.18. The van der Waals surface area contributed by atoms with Crippen LogP contribution < -0.4 is 9.46 Å². The molecule has 8 heteroatoms. The lowest BCUT2D eigenvalue weighted by Gasteiger charge is -2.07. The Morgan fingerprint density at radius 2 is 2.22 bits per heavy atom. The molecule has 0 unspecified atom stereocenters. The van der Waals surface area contributed by atoms with Crippen molar-refractivity contribution in [2.45, 2.75) is 4.90 Å². The number of hydrogen-bond acceptors (Lipinski definition) is 5. The van der Waals surface area contributed by atoms with Gasteiger partial charge in [0.1, 0.15) is 18.4 Å². The van der Waals surface area contributed by atoms with E-state index in [0.29, 0.717) is 0 Å². The fourth-order valence-corrected chi connectivity index (χ4v) is 2.18. The maximum Gasteiger partial charge on any atom is 0.318 e. The van der Waals surface area contributed by atoms with Crippen LogP contribution in [0.2, 0.25) is 0 Å². The molecule has 0 fully saturated rings. The summed E-state index contributed by atoms with van der Waals surface area (Å²) in [5, 5.41) is 17.2. The van der Waals surface area contributed by atoms with Gasteiger partial charge >= 0.3 is 5.97 Å². The van der Waals surface area contributed by atoms with Crippen molar-refractivity contribution in [3.63, 3.8) is 0 Å². The van der Waals surface area contributed by atoms with E-state index in [1.807, 2.05) is 4.72 Å². The summed E-state index contributed by atoms with van der Waals surface area (Å²) in [4.78, 5) is 10.1. The molecular weight excluding hydrogens is 260 g/mol. The van der Waals surface area contributed by atoms with Gasteiger partial charge in [-0.3, -0.25) is 4.79 Å². The minimum atomic E-state index is -3.95. The van der Waals surface area contributed by atoms with Gasteiger partial charge in [-0.05, 0) is 18.2 Å². The van der Waals surface area contributed by atoms with Crippen LogP contribution in [0.15, 0.2) is 23.1 Å². The number of nitrogens with zero attached hydrogens (tertiary/aromatic N) is 1. The number of aliphatic carboxylic acids is 1. The molecule has 1 rings (SSSR count).